The molecule has 4 rings (SSSR count). The number of fused-ring (bicyclic) bond motifs is 1. The van der Waals surface area contributed by atoms with Crippen LogP contribution in [0.5, 0.6) is 11.5 Å². The van der Waals surface area contributed by atoms with E-state index in [0.29, 0.717) is 23.6 Å². The fraction of sp³-hybridized carbons (Fsp3) is 0.241. The molecule has 1 amide bonds. The van der Waals surface area contributed by atoms with E-state index in [-0.39, 0.29) is 24.7 Å². The summed E-state index contributed by atoms with van der Waals surface area (Å²) < 4.78 is 11.1. The molecule has 2 atom stereocenters. The van der Waals surface area contributed by atoms with Crippen LogP contribution < -0.4 is 20.5 Å². The molecule has 8 heteroatoms. The molecule has 0 fully saturated rings. The first kappa shape index (κ1) is 26.3. The highest BCUT2D eigenvalue weighted by Gasteiger charge is 2.28. The summed E-state index contributed by atoms with van der Waals surface area (Å²) in [4.78, 5) is 29.4. The van der Waals surface area contributed by atoms with E-state index in [4.69, 9.17) is 26.8 Å². The lowest BCUT2D eigenvalue weighted by Crippen LogP contribution is -2.51. The molecule has 0 radical (unpaired) electrons. The van der Waals surface area contributed by atoms with Gasteiger partial charge in [-0.1, -0.05) is 60.1 Å². The van der Waals surface area contributed by atoms with Gasteiger partial charge in [0.15, 0.2) is 5.78 Å². The minimum absolute atomic E-state index is 0.207. The van der Waals surface area contributed by atoms with Gasteiger partial charge < -0.3 is 25.5 Å². The van der Waals surface area contributed by atoms with Crippen LogP contribution in [0.2, 0.25) is 5.02 Å². The van der Waals surface area contributed by atoms with Gasteiger partial charge in [-0.05, 0) is 48.2 Å². The van der Waals surface area contributed by atoms with Crippen molar-refractivity contribution in [3.63, 3.8) is 0 Å². The van der Waals surface area contributed by atoms with Gasteiger partial charge in [-0.2, -0.15) is 0 Å². The number of nitrogens with two attached hydrogens (primary N) is 1. The van der Waals surface area contributed by atoms with Crippen molar-refractivity contribution in [2.75, 3.05) is 13.7 Å². The van der Waals surface area contributed by atoms with E-state index >= 15 is 0 Å². The predicted molar refractivity (Wildman–Crippen MR) is 145 cm³/mol. The van der Waals surface area contributed by atoms with Crippen molar-refractivity contribution in [1.29, 1.82) is 0 Å². The number of halogens is 1. The smallest absolute Gasteiger partial charge is 0.221 e. The Morgan fingerprint density at radius 3 is 2.46 bits per heavy atom. The maximum atomic E-state index is 13.3. The number of Topliss-reactive ketones (excluding diaryl/α,β-unsaturated/α-hetero) is 1. The van der Waals surface area contributed by atoms with E-state index in [1.54, 1.807) is 31.4 Å². The third-order valence-corrected chi connectivity index (χ3v) is 6.62. The van der Waals surface area contributed by atoms with Gasteiger partial charge in [0.25, 0.3) is 0 Å². The van der Waals surface area contributed by atoms with Crippen molar-refractivity contribution in [1.82, 2.24) is 10.3 Å². The summed E-state index contributed by atoms with van der Waals surface area (Å²) in [6.45, 7) is -0.221. The van der Waals surface area contributed by atoms with Crippen LogP contribution in [0.25, 0.3) is 10.9 Å². The minimum atomic E-state index is -0.902. The Kier molecular flexibility index (Phi) is 8.82. The van der Waals surface area contributed by atoms with Gasteiger partial charge in [-0.25, -0.2) is 0 Å². The number of hydrogen-bond acceptors (Lipinski definition) is 5. The van der Waals surface area contributed by atoms with Crippen LogP contribution in [0, 0.1) is 5.92 Å². The van der Waals surface area contributed by atoms with Crippen molar-refractivity contribution in [3.8, 4) is 11.5 Å². The number of nitrogens with one attached hydrogen (secondary N) is 2. The largest absolute Gasteiger partial charge is 0.496 e. The Labute approximate surface area is 220 Å². The molecule has 0 aliphatic rings. The molecule has 0 bridgehead atoms. The summed E-state index contributed by atoms with van der Waals surface area (Å²) in [5.41, 5.74) is 9.26. The van der Waals surface area contributed by atoms with Crippen LogP contribution in [0.4, 0.5) is 0 Å². The van der Waals surface area contributed by atoms with Crippen LogP contribution in [-0.2, 0) is 22.4 Å². The number of carbonyl (C=O) groups excluding carboxylic acids is 2. The number of H-pyrrole nitrogens is 1. The van der Waals surface area contributed by atoms with Gasteiger partial charge in [-0.3, -0.25) is 9.59 Å². The topological polar surface area (TPSA) is 106 Å². The molecule has 0 spiro atoms. The van der Waals surface area contributed by atoms with Crippen molar-refractivity contribution in [3.05, 3.63) is 95.1 Å². The molecule has 37 heavy (non-hydrogen) atoms. The molecule has 4 aromatic rings. The molecule has 1 aromatic heterocycles. The molecule has 0 saturated carbocycles. The lowest BCUT2D eigenvalue weighted by atomic mass is 9.92. The fourth-order valence-corrected chi connectivity index (χ4v) is 4.50. The first-order valence-corrected chi connectivity index (χ1v) is 12.5. The fourth-order valence-electron chi connectivity index (χ4n) is 4.31. The number of rotatable bonds is 12. The van der Waals surface area contributed by atoms with E-state index in [2.05, 4.69) is 10.3 Å². The number of aryl methyl sites for hydroxylation is 1. The van der Waals surface area contributed by atoms with E-state index in [0.717, 1.165) is 27.8 Å². The molecule has 0 aliphatic carbocycles. The maximum Gasteiger partial charge on any atom is 0.221 e. The summed E-state index contributed by atoms with van der Waals surface area (Å²) in [7, 11) is 1.60. The first-order chi connectivity index (χ1) is 18.0. The number of aromatic amines is 1. The van der Waals surface area contributed by atoms with E-state index in [1.807, 2.05) is 54.7 Å². The lowest BCUT2D eigenvalue weighted by molar-refractivity contribution is -0.127. The van der Waals surface area contributed by atoms with Crippen LogP contribution >= 0.6 is 11.6 Å². The SMILES string of the molecule is COc1ccccc1CCC(=O)N[C@@H](N)C(Cc1c[nH]c2ccccc12)C(=O)COc1ccccc1Cl. The van der Waals surface area contributed by atoms with E-state index < -0.39 is 12.1 Å². The van der Waals surface area contributed by atoms with Crippen molar-refractivity contribution in [2.45, 2.75) is 25.4 Å². The Morgan fingerprint density at radius 1 is 0.973 bits per heavy atom. The van der Waals surface area contributed by atoms with Gasteiger partial charge in [-0.15, -0.1) is 0 Å². The molecule has 3 aromatic carbocycles. The normalized spacial score (nSPS) is 12.6. The average molecular weight is 520 g/mol. The van der Waals surface area contributed by atoms with Gasteiger partial charge in [0.1, 0.15) is 18.1 Å². The third-order valence-electron chi connectivity index (χ3n) is 6.31. The minimum Gasteiger partial charge on any atom is -0.496 e. The number of carbonyl (C=O) groups is 2. The van der Waals surface area contributed by atoms with Crippen LogP contribution in [0.1, 0.15) is 17.5 Å². The number of ether oxygens (including phenoxy) is 2. The number of ketones is 1. The molecular formula is C29H30ClN3O4. The molecule has 1 heterocycles. The Balaban J connectivity index is 1.46. The van der Waals surface area contributed by atoms with E-state index in [1.165, 1.54) is 0 Å². The molecular weight excluding hydrogens is 490 g/mol. The highest BCUT2D eigenvalue weighted by atomic mass is 35.5. The van der Waals surface area contributed by atoms with E-state index in [9.17, 15) is 9.59 Å². The van der Waals surface area contributed by atoms with Crippen molar-refractivity contribution in [2.24, 2.45) is 11.7 Å². The number of benzene rings is 3. The second-order valence-corrected chi connectivity index (χ2v) is 9.17. The standard InChI is InChI=1S/C29H30ClN3O4/c1-36-26-12-6-2-8-19(26)14-15-28(35)33-29(31)22(16-20-17-32-24-11-5-3-9-21(20)24)25(34)18-37-27-13-7-4-10-23(27)30/h2-13,17,22,29,32H,14-16,18,31H2,1H3,(H,33,35)/t22?,29-/m1/s1. The van der Waals surface area contributed by atoms with Gasteiger partial charge >= 0.3 is 0 Å². The molecule has 4 N–H and O–H groups in total. The molecule has 1 unspecified atom stereocenters. The molecule has 192 valence electrons. The zero-order valence-electron chi connectivity index (χ0n) is 20.6. The average Bonchev–Trinajstić information content (AvgIpc) is 3.32. The second kappa shape index (κ2) is 12.4. The highest BCUT2D eigenvalue weighted by molar-refractivity contribution is 6.32. The van der Waals surface area contributed by atoms with Crippen LogP contribution in [0.3, 0.4) is 0 Å². The summed E-state index contributed by atoms with van der Waals surface area (Å²) in [5.74, 6) is -0.0525. The summed E-state index contributed by atoms with van der Waals surface area (Å²) in [6.07, 6.45) is 2.00. The van der Waals surface area contributed by atoms with Crippen LogP contribution in [-0.4, -0.2) is 36.6 Å². The Morgan fingerprint density at radius 2 is 1.68 bits per heavy atom. The van der Waals surface area contributed by atoms with Gasteiger partial charge in [0.05, 0.1) is 24.2 Å². The molecule has 0 aliphatic heterocycles. The summed E-state index contributed by atoms with van der Waals surface area (Å²) in [5, 5.41) is 4.24. The number of aromatic nitrogens is 1. The zero-order valence-corrected chi connectivity index (χ0v) is 21.3. The Hall–Kier alpha value is -3.81. The monoisotopic (exact) mass is 519 g/mol. The number of amides is 1. The zero-order chi connectivity index (χ0) is 26.2. The van der Waals surface area contributed by atoms with Crippen LogP contribution in [0.15, 0.2) is 79.0 Å². The molecule has 0 saturated heterocycles. The summed E-state index contributed by atoms with van der Waals surface area (Å²) in [6, 6.07) is 22.3. The van der Waals surface area contributed by atoms with Crippen molar-refractivity contribution >= 4 is 34.2 Å². The quantitative estimate of drug-likeness (QED) is 0.236. The predicted octanol–water partition coefficient (Wildman–Crippen LogP) is 4.67. The first-order valence-electron chi connectivity index (χ1n) is 12.1. The van der Waals surface area contributed by atoms with Gasteiger partial charge in [0, 0.05) is 23.5 Å². The number of hydrogen-bond donors (Lipinski definition) is 3. The maximum absolute atomic E-state index is 13.3. The highest BCUT2D eigenvalue weighted by Crippen LogP contribution is 2.25. The van der Waals surface area contributed by atoms with Crippen molar-refractivity contribution < 1.29 is 19.1 Å². The number of para-hydroxylation sites is 3. The third kappa shape index (κ3) is 6.70. The lowest BCUT2D eigenvalue weighted by Gasteiger charge is -2.24. The molecule has 7 nitrogen and oxygen atoms in total. The number of methoxy groups -OCH3 is 1. The summed E-state index contributed by atoms with van der Waals surface area (Å²) >= 11 is 6.17. The Bertz CT molecular complexity index is 1370. The second-order valence-electron chi connectivity index (χ2n) is 8.76. The van der Waals surface area contributed by atoms with Gasteiger partial charge in [0.2, 0.25) is 5.91 Å².